The molecule has 0 bridgehead atoms. The van der Waals surface area contributed by atoms with Crippen LogP contribution in [-0.2, 0) is 0 Å². The van der Waals surface area contributed by atoms with Crippen LogP contribution in [0.2, 0.25) is 0 Å². The number of para-hydroxylation sites is 1. The molecule has 3 N–H and O–H groups in total. The van der Waals surface area contributed by atoms with Crippen molar-refractivity contribution in [3.63, 3.8) is 0 Å². The summed E-state index contributed by atoms with van der Waals surface area (Å²) in [5.74, 6) is 5.12. The normalized spacial score (nSPS) is 12.4. The molecule has 106 valence electrons. The van der Waals surface area contributed by atoms with Crippen LogP contribution in [0.25, 0.3) is 0 Å². The first-order chi connectivity index (χ1) is 9.61. The molecule has 0 fully saturated rings. The first kappa shape index (κ1) is 14.4. The molecule has 2 rings (SSSR count). The van der Waals surface area contributed by atoms with Crippen molar-refractivity contribution in [3.05, 3.63) is 65.5 Å². The number of alkyl halides is 2. The average Bonchev–Trinajstić information content (AvgIpc) is 2.43. The lowest BCUT2D eigenvalue weighted by atomic mass is 9.98. The highest BCUT2D eigenvalue weighted by Crippen LogP contribution is 2.30. The number of hydrogen-bond acceptors (Lipinski definition) is 3. The average molecular weight is 282 g/mol. The van der Waals surface area contributed by atoms with Crippen LogP contribution in [0.15, 0.2) is 48.5 Å². The highest BCUT2D eigenvalue weighted by molar-refractivity contribution is 5.41. The molecule has 0 heterocycles. The van der Waals surface area contributed by atoms with Crippen molar-refractivity contribution in [1.29, 1.82) is 0 Å². The summed E-state index contributed by atoms with van der Waals surface area (Å²) >= 11 is 0. The largest absolute Gasteiger partial charge is 0.434 e. The van der Waals surface area contributed by atoms with Crippen LogP contribution < -0.4 is 16.0 Å². The van der Waals surface area contributed by atoms with Crippen LogP contribution >= 0.6 is 0 Å². The van der Waals surface area contributed by atoms with Crippen molar-refractivity contribution in [2.45, 2.75) is 12.7 Å². The van der Waals surface area contributed by atoms with E-state index in [1.165, 1.54) is 30.3 Å². The summed E-state index contributed by atoms with van der Waals surface area (Å²) in [4.78, 5) is 0. The summed E-state index contributed by atoms with van der Waals surface area (Å²) in [5, 5.41) is 0. The van der Waals surface area contributed by atoms with Gasteiger partial charge in [0.25, 0.3) is 0 Å². The molecule has 0 aliphatic rings. The van der Waals surface area contributed by atoms with E-state index in [0.29, 0.717) is 11.1 Å². The Morgan fingerprint density at radius 1 is 1.00 bits per heavy atom. The molecule has 0 amide bonds. The molecule has 1 unspecified atom stereocenters. The second kappa shape index (κ2) is 6.40. The molecule has 0 saturated heterocycles. The zero-order valence-corrected chi connectivity index (χ0v) is 10.4. The smallest absolute Gasteiger partial charge is 0.387 e. The molecule has 20 heavy (non-hydrogen) atoms. The van der Waals surface area contributed by atoms with E-state index in [1.54, 1.807) is 18.2 Å². The highest BCUT2D eigenvalue weighted by atomic mass is 19.3. The van der Waals surface area contributed by atoms with Crippen molar-refractivity contribution < 1.29 is 17.9 Å². The van der Waals surface area contributed by atoms with Gasteiger partial charge in [0.2, 0.25) is 0 Å². The van der Waals surface area contributed by atoms with Gasteiger partial charge >= 0.3 is 6.61 Å². The molecule has 6 heteroatoms. The standard InChI is InChI=1S/C14H13F3N2O/c15-10-7-5-9(6-8-10)13(19-18)11-3-1-2-4-12(11)20-14(16)17/h1-8,13-14,19H,18H2. The van der Waals surface area contributed by atoms with E-state index in [1.807, 2.05) is 0 Å². The minimum absolute atomic E-state index is 0.0229. The van der Waals surface area contributed by atoms with Gasteiger partial charge in [-0.2, -0.15) is 8.78 Å². The van der Waals surface area contributed by atoms with E-state index in [4.69, 9.17) is 5.84 Å². The first-order valence-corrected chi connectivity index (χ1v) is 5.87. The predicted octanol–water partition coefficient (Wildman–Crippen LogP) is 2.98. The van der Waals surface area contributed by atoms with Crippen LogP contribution in [0.1, 0.15) is 17.2 Å². The summed E-state index contributed by atoms with van der Waals surface area (Å²) in [6.45, 7) is -2.93. The molecule has 2 aromatic carbocycles. The Balaban J connectivity index is 2.38. The summed E-state index contributed by atoms with van der Waals surface area (Å²) in [5.41, 5.74) is 3.60. The van der Waals surface area contributed by atoms with Crippen LogP contribution in [0.4, 0.5) is 13.2 Å². The van der Waals surface area contributed by atoms with E-state index < -0.39 is 12.7 Å². The monoisotopic (exact) mass is 282 g/mol. The lowest BCUT2D eigenvalue weighted by molar-refractivity contribution is -0.0506. The zero-order chi connectivity index (χ0) is 14.5. The number of nitrogens with one attached hydrogen (secondary N) is 1. The number of hydrazine groups is 1. The van der Waals surface area contributed by atoms with Crippen LogP contribution in [0, 0.1) is 5.82 Å². The number of ether oxygens (including phenoxy) is 1. The number of hydrogen-bond donors (Lipinski definition) is 2. The highest BCUT2D eigenvalue weighted by Gasteiger charge is 2.18. The Morgan fingerprint density at radius 3 is 2.25 bits per heavy atom. The van der Waals surface area contributed by atoms with Gasteiger partial charge in [-0.25, -0.2) is 9.82 Å². The van der Waals surface area contributed by atoms with E-state index in [0.717, 1.165) is 0 Å². The molecular weight excluding hydrogens is 269 g/mol. The summed E-state index contributed by atoms with van der Waals surface area (Å²) < 4.78 is 42.2. The fraction of sp³-hybridized carbons (Fsp3) is 0.143. The molecular formula is C14H13F3N2O. The maximum absolute atomic E-state index is 12.9. The minimum atomic E-state index is -2.93. The maximum atomic E-state index is 12.9. The quantitative estimate of drug-likeness (QED) is 0.654. The molecule has 2 aromatic rings. The molecule has 0 aliphatic carbocycles. The third kappa shape index (κ3) is 3.28. The summed E-state index contributed by atoms with van der Waals surface area (Å²) in [7, 11) is 0. The molecule has 1 atom stereocenters. The van der Waals surface area contributed by atoms with E-state index in [9.17, 15) is 13.2 Å². The van der Waals surface area contributed by atoms with Crippen LogP contribution in [0.3, 0.4) is 0 Å². The van der Waals surface area contributed by atoms with Gasteiger partial charge in [-0.15, -0.1) is 0 Å². The molecule has 0 aliphatic heterocycles. The topological polar surface area (TPSA) is 47.3 Å². The van der Waals surface area contributed by atoms with Gasteiger partial charge in [0.15, 0.2) is 0 Å². The SMILES string of the molecule is NNC(c1ccc(F)cc1)c1ccccc1OC(F)F. The van der Waals surface area contributed by atoms with Gasteiger partial charge in [-0.1, -0.05) is 30.3 Å². The van der Waals surface area contributed by atoms with Gasteiger partial charge in [0, 0.05) is 5.56 Å². The first-order valence-electron chi connectivity index (χ1n) is 5.87. The van der Waals surface area contributed by atoms with E-state index in [2.05, 4.69) is 10.2 Å². The Bertz CT molecular complexity index is 561. The Labute approximate surface area is 114 Å². The van der Waals surface area contributed by atoms with Crippen molar-refractivity contribution in [1.82, 2.24) is 5.43 Å². The number of rotatable bonds is 5. The van der Waals surface area contributed by atoms with Crippen LogP contribution in [-0.4, -0.2) is 6.61 Å². The Hall–Kier alpha value is -2.05. The Kier molecular flexibility index (Phi) is 4.60. The second-order valence-corrected chi connectivity index (χ2v) is 4.07. The zero-order valence-electron chi connectivity index (χ0n) is 10.4. The summed E-state index contributed by atoms with van der Waals surface area (Å²) in [6.07, 6.45) is 0. The lowest BCUT2D eigenvalue weighted by Gasteiger charge is -2.20. The van der Waals surface area contributed by atoms with Crippen molar-refractivity contribution in [2.75, 3.05) is 0 Å². The summed E-state index contributed by atoms with van der Waals surface area (Å²) in [6, 6.07) is 11.3. The molecule has 0 aromatic heterocycles. The van der Waals surface area contributed by atoms with Crippen LogP contribution in [0.5, 0.6) is 5.75 Å². The third-order valence-corrected chi connectivity index (χ3v) is 2.82. The number of nitrogens with two attached hydrogens (primary N) is 1. The minimum Gasteiger partial charge on any atom is -0.434 e. The van der Waals surface area contributed by atoms with Crippen molar-refractivity contribution >= 4 is 0 Å². The predicted molar refractivity (Wildman–Crippen MR) is 68.6 cm³/mol. The van der Waals surface area contributed by atoms with Gasteiger partial charge in [0.1, 0.15) is 11.6 Å². The molecule has 3 nitrogen and oxygen atoms in total. The number of halogens is 3. The van der Waals surface area contributed by atoms with Crippen molar-refractivity contribution in [2.24, 2.45) is 5.84 Å². The lowest BCUT2D eigenvalue weighted by Crippen LogP contribution is -2.29. The molecule has 0 spiro atoms. The second-order valence-electron chi connectivity index (χ2n) is 4.07. The van der Waals surface area contributed by atoms with E-state index >= 15 is 0 Å². The Morgan fingerprint density at radius 2 is 1.65 bits per heavy atom. The third-order valence-electron chi connectivity index (χ3n) is 2.82. The maximum Gasteiger partial charge on any atom is 0.387 e. The molecule has 0 saturated carbocycles. The van der Waals surface area contributed by atoms with Crippen molar-refractivity contribution in [3.8, 4) is 5.75 Å². The molecule has 0 radical (unpaired) electrons. The van der Waals surface area contributed by atoms with Gasteiger partial charge in [-0.3, -0.25) is 5.84 Å². The van der Waals surface area contributed by atoms with Gasteiger partial charge in [0.05, 0.1) is 6.04 Å². The number of benzene rings is 2. The van der Waals surface area contributed by atoms with E-state index in [-0.39, 0.29) is 11.6 Å². The van der Waals surface area contributed by atoms with Gasteiger partial charge < -0.3 is 4.74 Å². The fourth-order valence-electron chi connectivity index (χ4n) is 1.94. The van der Waals surface area contributed by atoms with Gasteiger partial charge in [-0.05, 0) is 23.8 Å². The fourth-order valence-corrected chi connectivity index (χ4v) is 1.94.